The third kappa shape index (κ3) is 10.9. The third-order valence-corrected chi connectivity index (χ3v) is 6.22. The van der Waals surface area contributed by atoms with Gasteiger partial charge in [-0.3, -0.25) is 34.7 Å². The Morgan fingerprint density at radius 1 is 0.738 bits per heavy atom. The number of hydrogen-bond acceptors (Lipinski definition) is 9. The van der Waals surface area contributed by atoms with Gasteiger partial charge in [-0.2, -0.15) is 0 Å². The zero-order chi connectivity index (χ0) is 32.9. The van der Waals surface area contributed by atoms with Crippen LogP contribution in [0.4, 0.5) is 19.2 Å². The van der Waals surface area contributed by atoms with Gasteiger partial charge in [0.25, 0.3) is 11.8 Å². The molecule has 0 spiro atoms. The molecule has 5 N–H and O–H groups in total. The standard InChI is InChI=1S/C25H44N8O9/c1-10-11-18(35)30(6)17(13-34)21(38)31(7)16(12-14(2)3)19(36)28-24(41)33(9)25(42)29-22(39)27-15(4)20(37)32(8)23(40)26-5/h14-17,34H,10-13H2,1-9H3,(H,26,40)(H,28,36,41)(H2,27,29,39,42)/t15-,16-,17+/m0/s1. The van der Waals surface area contributed by atoms with E-state index >= 15 is 0 Å². The molecular weight excluding hydrogens is 556 g/mol. The summed E-state index contributed by atoms with van der Waals surface area (Å²) >= 11 is 0. The Morgan fingerprint density at radius 2 is 1.29 bits per heavy atom. The molecule has 0 rings (SSSR count). The lowest BCUT2D eigenvalue weighted by Gasteiger charge is -2.34. The van der Waals surface area contributed by atoms with Crippen molar-refractivity contribution in [1.82, 2.24) is 40.9 Å². The van der Waals surface area contributed by atoms with E-state index in [0.29, 0.717) is 11.3 Å². The first-order chi connectivity index (χ1) is 19.4. The molecule has 0 aliphatic rings. The van der Waals surface area contributed by atoms with Crippen molar-refractivity contribution in [3.05, 3.63) is 0 Å². The van der Waals surface area contributed by atoms with E-state index < -0.39 is 66.6 Å². The Balaban J connectivity index is 5.47. The van der Waals surface area contributed by atoms with Crippen LogP contribution in [-0.2, 0) is 19.2 Å². The van der Waals surface area contributed by atoms with Crippen molar-refractivity contribution < 1.29 is 43.5 Å². The van der Waals surface area contributed by atoms with Gasteiger partial charge in [0.15, 0.2) is 0 Å². The molecule has 17 heteroatoms. The van der Waals surface area contributed by atoms with Crippen molar-refractivity contribution in [2.75, 3.05) is 41.8 Å². The summed E-state index contributed by atoms with van der Waals surface area (Å²) in [5.41, 5.74) is 0. The van der Waals surface area contributed by atoms with Crippen LogP contribution in [-0.4, -0.2) is 132 Å². The van der Waals surface area contributed by atoms with Gasteiger partial charge >= 0.3 is 24.1 Å². The lowest BCUT2D eigenvalue weighted by atomic mass is 10.0. The van der Waals surface area contributed by atoms with Crippen molar-refractivity contribution in [2.24, 2.45) is 5.92 Å². The molecule has 0 aromatic carbocycles. The van der Waals surface area contributed by atoms with Crippen LogP contribution in [0.25, 0.3) is 0 Å². The summed E-state index contributed by atoms with van der Waals surface area (Å²) < 4.78 is 0. The Kier molecular flexibility index (Phi) is 15.7. The molecule has 0 saturated heterocycles. The number of aliphatic hydroxyl groups is 1. The molecule has 0 bridgehead atoms. The van der Waals surface area contributed by atoms with Crippen molar-refractivity contribution in [2.45, 2.75) is 65.1 Å². The minimum atomic E-state index is -1.26. The van der Waals surface area contributed by atoms with Crippen LogP contribution in [0.1, 0.15) is 47.0 Å². The second kappa shape index (κ2) is 17.5. The second-order valence-electron chi connectivity index (χ2n) is 9.98. The zero-order valence-corrected chi connectivity index (χ0v) is 25.6. The monoisotopic (exact) mass is 600 g/mol. The summed E-state index contributed by atoms with van der Waals surface area (Å²) in [4.78, 5) is 103. The van der Waals surface area contributed by atoms with Crippen molar-refractivity contribution >= 4 is 47.8 Å². The molecule has 0 fully saturated rings. The average Bonchev–Trinajstić information content (AvgIpc) is 2.93. The molecule has 238 valence electrons. The van der Waals surface area contributed by atoms with E-state index in [2.05, 4.69) is 10.6 Å². The lowest BCUT2D eigenvalue weighted by molar-refractivity contribution is -0.149. The predicted octanol–water partition coefficient (Wildman–Crippen LogP) is -0.748. The highest BCUT2D eigenvalue weighted by Gasteiger charge is 2.36. The number of hydrogen-bond donors (Lipinski definition) is 5. The van der Waals surface area contributed by atoms with Crippen molar-refractivity contribution in [1.29, 1.82) is 0 Å². The summed E-state index contributed by atoms with van der Waals surface area (Å²) in [5, 5.41) is 18.0. The van der Waals surface area contributed by atoms with Gasteiger partial charge in [-0.15, -0.1) is 0 Å². The molecular formula is C25H44N8O9. The maximum absolute atomic E-state index is 13.2. The number of carbonyl (C=O) groups is 8. The highest BCUT2D eigenvalue weighted by Crippen LogP contribution is 2.14. The average molecular weight is 601 g/mol. The summed E-state index contributed by atoms with van der Waals surface area (Å²) in [6.07, 6.45) is 0.782. The lowest BCUT2D eigenvalue weighted by Crippen LogP contribution is -2.58. The second-order valence-corrected chi connectivity index (χ2v) is 9.98. The summed E-state index contributed by atoms with van der Waals surface area (Å²) in [7, 11) is 6.13. The number of carbonyl (C=O) groups excluding carboxylic acids is 8. The van der Waals surface area contributed by atoms with Crippen LogP contribution < -0.4 is 21.3 Å². The Hall–Kier alpha value is -4.28. The van der Waals surface area contributed by atoms with Gasteiger partial charge in [0.05, 0.1) is 6.61 Å². The Bertz CT molecular complexity index is 1040. The fourth-order valence-corrected chi connectivity index (χ4v) is 3.60. The Morgan fingerprint density at radius 3 is 1.76 bits per heavy atom. The quantitative estimate of drug-likeness (QED) is 0.201. The van der Waals surface area contributed by atoms with E-state index in [1.54, 1.807) is 20.8 Å². The van der Waals surface area contributed by atoms with E-state index in [1.807, 2.05) is 10.6 Å². The first kappa shape index (κ1) is 37.7. The van der Waals surface area contributed by atoms with Gasteiger partial charge in [0, 0.05) is 41.7 Å². The smallest absolute Gasteiger partial charge is 0.333 e. The van der Waals surface area contributed by atoms with E-state index in [1.165, 1.54) is 35.1 Å². The maximum atomic E-state index is 13.2. The molecule has 3 atom stereocenters. The highest BCUT2D eigenvalue weighted by molar-refractivity contribution is 6.07. The topological polar surface area (TPSA) is 218 Å². The van der Waals surface area contributed by atoms with E-state index in [-0.39, 0.29) is 24.7 Å². The van der Waals surface area contributed by atoms with E-state index in [9.17, 15) is 43.5 Å². The van der Waals surface area contributed by atoms with Crippen LogP contribution in [0.15, 0.2) is 0 Å². The van der Waals surface area contributed by atoms with Gasteiger partial charge in [-0.05, 0) is 25.7 Å². The number of imide groups is 4. The van der Waals surface area contributed by atoms with E-state index in [0.717, 1.165) is 21.7 Å². The molecule has 0 aromatic rings. The normalized spacial score (nSPS) is 12.6. The molecule has 0 aliphatic carbocycles. The van der Waals surface area contributed by atoms with Crippen molar-refractivity contribution in [3.63, 3.8) is 0 Å². The zero-order valence-electron chi connectivity index (χ0n) is 25.6. The number of aliphatic hydroxyl groups excluding tert-OH is 1. The highest BCUT2D eigenvalue weighted by atomic mass is 16.3. The fourth-order valence-electron chi connectivity index (χ4n) is 3.60. The van der Waals surface area contributed by atoms with Gasteiger partial charge < -0.3 is 25.5 Å². The first-order valence-corrected chi connectivity index (χ1v) is 13.3. The summed E-state index contributed by atoms with van der Waals surface area (Å²) in [6.45, 7) is 5.91. The molecule has 0 unspecified atom stereocenters. The molecule has 0 saturated carbocycles. The molecule has 42 heavy (non-hydrogen) atoms. The van der Waals surface area contributed by atoms with Crippen LogP contribution in [0.3, 0.4) is 0 Å². The number of amides is 12. The minimum absolute atomic E-state index is 0.0981. The molecule has 0 aliphatic heterocycles. The number of rotatable bonds is 11. The fraction of sp³-hybridized carbons (Fsp3) is 0.680. The van der Waals surface area contributed by atoms with Crippen LogP contribution in [0, 0.1) is 5.92 Å². The summed E-state index contributed by atoms with van der Waals surface area (Å²) in [6, 6.07) is -8.05. The Labute approximate surface area is 245 Å². The molecule has 17 nitrogen and oxygen atoms in total. The third-order valence-electron chi connectivity index (χ3n) is 6.22. The van der Waals surface area contributed by atoms with E-state index in [4.69, 9.17) is 0 Å². The molecule has 0 radical (unpaired) electrons. The SMILES string of the molecule is CCCC(=O)N(C)[C@H](CO)C(=O)N(C)[C@@H](CC(C)C)C(=O)NC(=O)N(C)C(=O)NC(=O)N[C@@H](C)C(=O)N(C)C(=O)NC. The van der Waals surface area contributed by atoms with Gasteiger partial charge in [0.2, 0.25) is 11.8 Å². The number of likely N-dealkylation sites (N-methyl/N-ethyl adjacent to an activating group) is 3. The molecule has 12 amide bonds. The summed E-state index contributed by atoms with van der Waals surface area (Å²) in [5.74, 6) is -2.95. The van der Waals surface area contributed by atoms with Crippen LogP contribution >= 0.6 is 0 Å². The van der Waals surface area contributed by atoms with Gasteiger partial charge in [-0.1, -0.05) is 20.8 Å². The van der Waals surface area contributed by atoms with Crippen LogP contribution in [0.2, 0.25) is 0 Å². The van der Waals surface area contributed by atoms with Gasteiger partial charge in [-0.25, -0.2) is 24.1 Å². The first-order valence-electron chi connectivity index (χ1n) is 13.3. The predicted molar refractivity (Wildman–Crippen MR) is 150 cm³/mol. The number of urea groups is 4. The van der Waals surface area contributed by atoms with Crippen LogP contribution in [0.5, 0.6) is 0 Å². The molecule has 0 aromatic heterocycles. The maximum Gasteiger partial charge on any atom is 0.333 e. The largest absolute Gasteiger partial charge is 0.394 e. The molecule has 0 heterocycles. The van der Waals surface area contributed by atoms with Crippen molar-refractivity contribution in [3.8, 4) is 0 Å². The number of nitrogens with zero attached hydrogens (tertiary/aromatic N) is 4. The van der Waals surface area contributed by atoms with Gasteiger partial charge in [0.1, 0.15) is 18.1 Å². The number of nitrogens with one attached hydrogen (secondary N) is 4. The minimum Gasteiger partial charge on any atom is -0.394 e.